The Labute approximate surface area is 61.6 Å². The third kappa shape index (κ3) is 3.81. The van der Waals surface area contributed by atoms with E-state index in [2.05, 4.69) is 6.06 Å². The normalized spacial score (nSPS) is 10.2. The molecule has 0 spiro atoms. The van der Waals surface area contributed by atoms with E-state index < -0.39 is 8.25 Å². The molecule has 0 heterocycles. The topological polar surface area (TPSA) is 35.5 Å². The Kier molecular flexibility index (Phi) is 6.08. The molecule has 0 aliphatic rings. The van der Waals surface area contributed by atoms with Gasteiger partial charge in [-0.3, -0.25) is 0 Å². The van der Waals surface area contributed by atoms with Crippen molar-refractivity contribution in [1.29, 1.82) is 0 Å². The van der Waals surface area contributed by atoms with Crippen molar-refractivity contribution >= 4 is 8.25 Å². The number of hydrogen-bond acceptors (Lipinski definition) is 3. The molecule has 0 aliphatic carbocycles. The van der Waals surface area contributed by atoms with E-state index in [0.29, 0.717) is 0 Å². The second kappa shape index (κ2) is 4.78. The zero-order chi connectivity index (χ0) is 4.99. The van der Waals surface area contributed by atoms with Crippen LogP contribution in [0, 0.1) is 0 Å². The summed E-state index contributed by atoms with van der Waals surface area (Å²) in [7, 11) is -2.17. The Bertz CT molecular complexity index is 46.8. The summed E-state index contributed by atoms with van der Waals surface area (Å²) in [5.41, 5.74) is 0. The van der Waals surface area contributed by atoms with Gasteiger partial charge in [0.05, 0.1) is 0 Å². The minimum absolute atomic E-state index is 1.67. The third-order valence-electron chi connectivity index (χ3n) is 0.101. The van der Waals surface area contributed by atoms with Crippen LogP contribution in [0.5, 0.6) is 0 Å². The molecule has 6 heteroatoms. The molecule has 0 N–H and O–H groups in total. The second-order valence-corrected chi connectivity index (χ2v) is 3.77. The summed E-state index contributed by atoms with van der Waals surface area (Å²) >= 11 is 3.34. The molecular weight excluding hydrogens is 473 g/mol. The fraction of sp³-hybridized carbons (Fsp3) is 0. The van der Waals surface area contributed by atoms with Crippen LogP contribution in [0.15, 0.2) is 0 Å². The van der Waals surface area contributed by atoms with Crippen molar-refractivity contribution in [3.05, 3.63) is 0 Å². The van der Waals surface area contributed by atoms with E-state index in [4.69, 9.17) is 0 Å². The van der Waals surface area contributed by atoms with E-state index in [0.717, 1.165) is 0 Å². The zero-order valence-corrected chi connectivity index (χ0v) is 7.66. The molecule has 0 atom stereocenters. The van der Waals surface area contributed by atoms with Gasteiger partial charge in [0, 0.05) is 0 Å². The van der Waals surface area contributed by atoms with Crippen LogP contribution in [0.25, 0.3) is 0 Å². The summed E-state index contributed by atoms with van der Waals surface area (Å²) < 4.78 is 18.2. The molecule has 0 aromatic rings. The van der Waals surface area contributed by atoms with Crippen molar-refractivity contribution in [3.63, 3.8) is 0 Å². The first-order chi connectivity index (χ1) is 2.81. The maximum absolute atomic E-state index is 9.89. The molecule has 0 aliphatic heterocycles. The predicted octanol–water partition coefficient (Wildman–Crippen LogP) is 0.333. The summed E-state index contributed by atoms with van der Waals surface area (Å²) in [6.45, 7) is 0. The van der Waals surface area contributed by atoms with Crippen LogP contribution in [0.2, 0.25) is 0 Å². The van der Waals surface area contributed by atoms with Crippen LogP contribution in [0.1, 0.15) is 0 Å². The summed E-state index contributed by atoms with van der Waals surface area (Å²) in [6.07, 6.45) is 0. The van der Waals surface area contributed by atoms with Crippen molar-refractivity contribution < 1.29 is 53.6 Å². The molecule has 0 aromatic carbocycles. The Morgan fingerprint density at radius 2 is 1.67 bits per heavy atom. The standard InChI is InChI=1S/2Au.H3O3P/c;;1-4(2)3/h;;4H,(H2,1,2,3)/q2*+1;/p-2. The molecule has 0 amide bonds. The molecule has 6 heavy (non-hydrogen) atoms. The van der Waals surface area contributed by atoms with Gasteiger partial charge in [0.15, 0.2) is 0 Å². The molecule has 0 saturated carbocycles. The van der Waals surface area contributed by atoms with E-state index in [1.807, 2.05) is 0 Å². The number of rotatable bonds is 2. The van der Waals surface area contributed by atoms with Crippen molar-refractivity contribution in [2.75, 3.05) is 0 Å². The fourth-order valence-electron chi connectivity index (χ4n) is 0.00758. The molecule has 0 radical (unpaired) electrons. The van der Waals surface area contributed by atoms with Gasteiger partial charge >= 0.3 is 61.8 Å². The van der Waals surface area contributed by atoms with E-state index in [1.54, 1.807) is 42.9 Å². The molecule has 3 nitrogen and oxygen atoms in total. The van der Waals surface area contributed by atoms with Gasteiger partial charge in [-0.15, -0.1) is 0 Å². The monoisotopic (exact) mass is 474 g/mol. The van der Waals surface area contributed by atoms with Crippen LogP contribution >= 0.6 is 8.25 Å². The van der Waals surface area contributed by atoms with Crippen molar-refractivity contribution in [2.45, 2.75) is 0 Å². The maximum atomic E-state index is 9.89. The van der Waals surface area contributed by atoms with Crippen LogP contribution < -0.4 is 0 Å². The van der Waals surface area contributed by atoms with Gasteiger partial charge in [0.25, 0.3) is 0 Å². The van der Waals surface area contributed by atoms with Gasteiger partial charge in [-0.05, 0) is 0 Å². The van der Waals surface area contributed by atoms with Gasteiger partial charge in [0.1, 0.15) is 0 Å². The van der Waals surface area contributed by atoms with Crippen LogP contribution in [0.3, 0.4) is 0 Å². The predicted molar refractivity (Wildman–Crippen MR) is 11.2 cm³/mol. The van der Waals surface area contributed by atoms with Crippen LogP contribution in [-0.4, -0.2) is 0 Å². The fourth-order valence-corrected chi connectivity index (χ4v) is 1.52. The Hall–Kier alpha value is 1.63. The first kappa shape index (κ1) is 7.63. The zero-order valence-electron chi connectivity index (χ0n) is 2.33. The van der Waals surface area contributed by atoms with Gasteiger partial charge in [0.2, 0.25) is 0 Å². The second-order valence-electron chi connectivity index (χ2n) is 0.373. The average molecular weight is 474 g/mol. The van der Waals surface area contributed by atoms with Gasteiger partial charge in [-0.1, -0.05) is 0 Å². The van der Waals surface area contributed by atoms with Crippen molar-refractivity contribution in [1.82, 2.24) is 0 Å². The first-order valence-corrected chi connectivity index (χ1v) is 3.85. The van der Waals surface area contributed by atoms with E-state index in [-0.39, 0.29) is 0 Å². The van der Waals surface area contributed by atoms with E-state index in [1.165, 1.54) is 0 Å². The van der Waals surface area contributed by atoms with Crippen LogP contribution in [-0.2, 0) is 53.6 Å². The summed E-state index contributed by atoms with van der Waals surface area (Å²) in [4.78, 5) is 0. The van der Waals surface area contributed by atoms with Gasteiger partial charge < -0.3 is 0 Å². The molecular formula is HAu2O3P. The molecule has 0 aromatic heterocycles. The molecule has 0 saturated heterocycles. The Morgan fingerprint density at radius 1 is 1.33 bits per heavy atom. The van der Waals surface area contributed by atoms with E-state index in [9.17, 15) is 4.57 Å². The molecule has 0 rings (SSSR count). The van der Waals surface area contributed by atoms with E-state index >= 15 is 0 Å². The summed E-state index contributed by atoms with van der Waals surface area (Å²) in [5, 5.41) is 0. The van der Waals surface area contributed by atoms with Crippen LogP contribution in [0.4, 0.5) is 0 Å². The SMILES string of the molecule is O=[PH]([O][Au])[O][Au]. The molecule has 0 fully saturated rings. The third-order valence-corrected chi connectivity index (χ3v) is 2.47. The minimum atomic E-state index is -2.17. The Balaban J connectivity index is 2.99. The van der Waals surface area contributed by atoms with Gasteiger partial charge in [-0.2, -0.15) is 0 Å². The first-order valence-electron chi connectivity index (χ1n) is 0.859. The van der Waals surface area contributed by atoms with Gasteiger partial charge in [-0.25, -0.2) is 0 Å². The average Bonchev–Trinajstić information content (AvgIpc) is 1.65. The summed E-state index contributed by atoms with van der Waals surface area (Å²) in [6, 6.07) is 0. The summed E-state index contributed by atoms with van der Waals surface area (Å²) in [5.74, 6) is 0. The molecule has 0 bridgehead atoms. The Morgan fingerprint density at radius 3 is 1.67 bits per heavy atom. The quantitative estimate of drug-likeness (QED) is 0.428. The molecule has 0 unspecified atom stereocenters. The number of hydrogen-bond donors (Lipinski definition) is 0. The van der Waals surface area contributed by atoms with Crippen molar-refractivity contribution in [3.8, 4) is 0 Å². The van der Waals surface area contributed by atoms with Crippen molar-refractivity contribution in [2.24, 2.45) is 0 Å². The molecule has 46 valence electrons.